The van der Waals surface area contributed by atoms with Crippen molar-refractivity contribution in [2.24, 2.45) is 0 Å². The number of esters is 1. The van der Waals surface area contributed by atoms with Crippen molar-refractivity contribution in [1.29, 1.82) is 0 Å². The van der Waals surface area contributed by atoms with E-state index in [0.717, 1.165) is 11.3 Å². The SMILES string of the molecule is CCOC(=O)c1nc(Nc2ccc(C)cc2C)c2c(C)noc2n1. The monoisotopic (exact) mass is 326 g/mol. The maximum Gasteiger partial charge on any atom is 0.376 e. The topological polar surface area (TPSA) is 90.1 Å². The largest absolute Gasteiger partial charge is 0.460 e. The van der Waals surface area contributed by atoms with Gasteiger partial charge in [0.15, 0.2) is 0 Å². The average Bonchev–Trinajstić information content (AvgIpc) is 2.92. The van der Waals surface area contributed by atoms with Gasteiger partial charge in [-0.2, -0.15) is 4.98 Å². The van der Waals surface area contributed by atoms with Gasteiger partial charge < -0.3 is 14.6 Å². The quantitative estimate of drug-likeness (QED) is 0.734. The second kappa shape index (κ2) is 6.27. The fourth-order valence-electron chi connectivity index (χ4n) is 2.45. The predicted molar refractivity (Wildman–Crippen MR) is 89.5 cm³/mol. The number of aromatic nitrogens is 3. The molecule has 0 unspecified atom stereocenters. The molecular formula is C17H18N4O3. The van der Waals surface area contributed by atoms with E-state index in [2.05, 4.69) is 26.5 Å². The van der Waals surface area contributed by atoms with Crippen LogP contribution in [0.15, 0.2) is 22.7 Å². The summed E-state index contributed by atoms with van der Waals surface area (Å²) in [4.78, 5) is 20.4. The first-order valence-corrected chi connectivity index (χ1v) is 7.65. The number of fused-ring (bicyclic) bond motifs is 1. The van der Waals surface area contributed by atoms with Crippen LogP contribution < -0.4 is 5.32 Å². The fraction of sp³-hybridized carbons (Fsp3) is 0.294. The van der Waals surface area contributed by atoms with Crippen molar-refractivity contribution >= 4 is 28.6 Å². The van der Waals surface area contributed by atoms with Crippen molar-refractivity contribution in [2.45, 2.75) is 27.7 Å². The molecule has 1 N–H and O–H groups in total. The molecule has 3 aromatic rings. The van der Waals surface area contributed by atoms with Crippen LogP contribution in [0.4, 0.5) is 11.5 Å². The van der Waals surface area contributed by atoms with Crippen molar-refractivity contribution in [2.75, 3.05) is 11.9 Å². The van der Waals surface area contributed by atoms with E-state index < -0.39 is 5.97 Å². The van der Waals surface area contributed by atoms with Crippen LogP contribution in [0.25, 0.3) is 11.1 Å². The molecule has 2 heterocycles. The summed E-state index contributed by atoms with van der Waals surface area (Å²) in [6.07, 6.45) is 0. The van der Waals surface area contributed by atoms with E-state index in [4.69, 9.17) is 9.26 Å². The first kappa shape index (κ1) is 15.9. The molecule has 1 aromatic carbocycles. The molecule has 0 aliphatic heterocycles. The molecule has 124 valence electrons. The third kappa shape index (κ3) is 2.92. The third-order valence-electron chi connectivity index (χ3n) is 3.60. The van der Waals surface area contributed by atoms with Crippen LogP contribution in [0.3, 0.4) is 0 Å². The molecule has 0 fully saturated rings. The molecule has 7 nitrogen and oxygen atoms in total. The average molecular weight is 326 g/mol. The molecule has 3 rings (SSSR count). The molecule has 7 heteroatoms. The van der Waals surface area contributed by atoms with Crippen molar-refractivity contribution in [3.63, 3.8) is 0 Å². The van der Waals surface area contributed by atoms with Gasteiger partial charge in [0, 0.05) is 5.69 Å². The number of hydrogen-bond acceptors (Lipinski definition) is 7. The Hall–Kier alpha value is -2.96. The Labute approximate surface area is 139 Å². The lowest BCUT2D eigenvalue weighted by atomic mass is 10.1. The van der Waals surface area contributed by atoms with Crippen LogP contribution in [0, 0.1) is 20.8 Å². The second-order valence-electron chi connectivity index (χ2n) is 5.51. The smallest absolute Gasteiger partial charge is 0.376 e. The van der Waals surface area contributed by atoms with Crippen molar-refractivity contribution in [1.82, 2.24) is 15.1 Å². The maximum absolute atomic E-state index is 12.0. The van der Waals surface area contributed by atoms with Crippen molar-refractivity contribution < 1.29 is 14.1 Å². The standard InChI is InChI=1S/C17H18N4O3/c1-5-23-17(22)15-19-14(13-11(4)21-24-16(13)20-15)18-12-7-6-9(2)8-10(12)3/h6-8H,5H2,1-4H3,(H,18,19,20). The van der Waals surface area contributed by atoms with Crippen LogP contribution in [0.2, 0.25) is 0 Å². The van der Waals surface area contributed by atoms with E-state index >= 15 is 0 Å². The van der Waals surface area contributed by atoms with Gasteiger partial charge in [0.05, 0.1) is 12.3 Å². The van der Waals surface area contributed by atoms with E-state index in [1.54, 1.807) is 13.8 Å². The van der Waals surface area contributed by atoms with Crippen molar-refractivity contribution in [3.8, 4) is 0 Å². The second-order valence-corrected chi connectivity index (χ2v) is 5.51. The van der Waals surface area contributed by atoms with Crippen LogP contribution >= 0.6 is 0 Å². The van der Waals surface area contributed by atoms with Crippen molar-refractivity contribution in [3.05, 3.63) is 40.8 Å². The Kier molecular flexibility index (Phi) is 4.16. The zero-order chi connectivity index (χ0) is 17.3. The first-order valence-electron chi connectivity index (χ1n) is 7.65. The van der Waals surface area contributed by atoms with Gasteiger partial charge in [-0.15, -0.1) is 0 Å². The summed E-state index contributed by atoms with van der Waals surface area (Å²) in [6.45, 7) is 7.80. The van der Waals surface area contributed by atoms with Gasteiger partial charge in [-0.3, -0.25) is 0 Å². The van der Waals surface area contributed by atoms with E-state index in [0.29, 0.717) is 16.9 Å². The molecule has 0 aliphatic carbocycles. The summed E-state index contributed by atoms with van der Waals surface area (Å²) >= 11 is 0. The number of carbonyl (C=O) groups excluding carboxylic acids is 1. The van der Waals surface area contributed by atoms with Crippen LogP contribution in [0.1, 0.15) is 34.4 Å². The minimum absolute atomic E-state index is 0.0623. The highest BCUT2D eigenvalue weighted by Gasteiger charge is 2.20. The molecule has 0 amide bonds. The lowest BCUT2D eigenvalue weighted by Gasteiger charge is -2.11. The summed E-state index contributed by atoms with van der Waals surface area (Å²) in [7, 11) is 0. The molecule has 0 saturated heterocycles. The normalized spacial score (nSPS) is 10.8. The number of nitrogens with zero attached hydrogens (tertiary/aromatic N) is 3. The van der Waals surface area contributed by atoms with Crippen LogP contribution in [-0.4, -0.2) is 27.7 Å². The van der Waals surface area contributed by atoms with Gasteiger partial charge in [0.1, 0.15) is 11.2 Å². The molecule has 0 spiro atoms. The zero-order valence-corrected chi connectivity index (χ0v) is 14.0. The Morgan fingerprint density at radius 2 is 2.04 bits per heavy atom. The summed E-state index contributed by atoms with van der Waals surface area (Å²) in [5.41, 5.74) is 4.01. The molecule has 0 aliphatic rings. The fourth-order valence-corrected chi connectivity index (χ4v) is 2.45. The summed E-state index contributed by atoms with van der Waals surface area (Å²) in [5, 5.41) is 7.80. The number of benzene rings is 1. The van der Waals surface area contributed by atoms with E-state index in [1.807, 2.05) is 26.0 Å². The molecule has 0 saturated carbocycles. The predicted octanol–water partition coefficient (Wildman–Crippen LogP) is 3.46. The summed E-state index contributed by atoms with van der Waals surface area (Å²) in [5.74, 6) is -0.196. The van der Waals surface area contributed by atoms with Crippen LogP contribution in [0.5, 0.6) is 0 Å². The number of anilines is 2. The van der Waals surface area contributed by atoms with Gasteiger partial charge in [0.25, 0.3) is 5.71 Å². The van der Waals surface area contributed by atoms with Gasteiger partial charge in [0.2, 0.25) is 5.82 Å². The number of aryl methyl sites for hydroxylation is 3. The number of rotatable bonds is 4. The lowest BCUT2D eigenvalue weighted by Crippen LogP contribution is -2.11. The van der Waals surface area contributed by atoms with E-state index in [1.165, 1.54) is 5.56 Å². The zero-order valence-electron chi connectivity index (χ0n) is 14.0. The van der Waals surface area contributed by atoms with Crippen LogP contribution in [-0.2, 0) is 4.74 Å². The Balaban J connectivity index is 2.10. The van der Waals surface area contributed by atoms with E-state index in [-0.39, 0.29) is 18.1 Å². The van der Waals surface area contributed by atoms with Gasteiger partial charge in [-0.1, -0.05) is 22.9 Å². The molecule has 0 radical (unpaired) electrons. The molecule has 0 bridgehead atoms. The van der Waals surface area contributed by atoms with E-state index in [9.17, 15) is 4.79 Å². The molecule has 0 atom stereocenters. The maximum atomic E-state index is 12.0. The minimum Gasteiger partial charge on any atom is -0.460 e. The molecule has 2 aromatic heterocycles. The highest BCUT2D eigenvalue weighted by Crippen LogP contribution is 2.28. The number of carbonyl (C=O) groups is 1. The third-order valence-corrected chi connectivity index (χ3v) is 3.60. The Morgan fingerprint density at radius 1 is 1.25 bits per heavy atom. The first-order chi connectivity index (χ1) is 11.5. The van der Waals surface area contributed by atoms with Gasteiger partial charge in [-0.25, -0.2) is 9.78 Å². The summed E-state index contributed by atoms with van der Waals surface area (Å²) < 4.78 is 10.2. The van der Waals surface area contributed by atoms with Gasteiger partial charge >= 0.3 is 5.97 Å². The molecule has 24 heavy (non-hydrogen) atoms. The number of hydrogen-bond donors (Lipinski definition) is 1. The van der Waals surface area contributed by atoms with Gasteiger partial charge in [-0.05, 0) is 39.3 Å². The Morgan fingerprint density at radius 3 is 2.75 bits per heavy atom. The number of ether oxygens (including phenoxy) is 1. The number of nitrogens with one attached hydrogen (secondary N) is 1. The highest BCUT2D eigenvalue weighted by molar-refractivity contribution is 5.94. The minimum atomic E-state index is -0.600. The Bertz CT molecular complexity index is 918. The molecular weight excluding hydrogens is 308 g/mol. The lowest BCUT2D eigenvalue weighted by molar-refractivity contribution is 0.0512. The highest BCUT2D eigenvalue weighted by atomic mass is 16.5. The summed E-state index contributed by atoms with van der Waals surface area (Å²) in [6, 6.07) is 6.03.